The summed E-state index contributed by atoms with van der Waals surface area (Å²) in [5.41, 5.74) is 0.761. The highest BCUT2D eigenvalue weighted by Crippen LogP contribution is 3.05. The Kier molecular flexibility index (Phi) is 0.881. The van der Waals surface area contributed by atoms with Gasteiger partial charge in [-0.05, 0) is 36.5 Å². The lowest BCUT2D eigenvalue weighted by atomic mass is 9.73. The van der Waals surface area contributed by atoms with Gasteiger partial charge in [-0.25, -0.2) is 23.5 Å². The van der Waals surface area contributed by atoms with Crippen LogP contribution in [-0.4, -0.2) is 13.9 Å². The average molecular weight is 257 g/mol. The van der Waals surface area contributed by atoms with Gasteiger partial charge in [0, 0.05) is 17.9 Å². The van der Waals surface area contributed by atoms with E-state index in [-0.39, 0.29) is 11.4 Å². The maximum atomic E-state index is 12.4. The summed E-state index contributed by atoms with van der Waals surface area (Å²) >= 11 is 0. The molecule has 8 rings (SSSR count). The Morgan fingerprint density at radius 1 is 0.947 bits per heavy atom. The topological polar surface area (TPSA) is 48.9 Å². The molecule has 2 spiro atoms. The molecule has 3 heterocycles. The number of hydrogen-bond acceptors (Lipinski definition) is 2. The molecule has 0 N–H and O–H groups in total. The molecule has 7 aliphatic rings. The Bertz CT molecular complexity index is 767. The maximum absolute atomic E-state index is 12.4. The Morgan fingerprint density at radius 3 is 2.00 bits per heavy atom. The van der Waals surface area contributed by atoms with Gasteiger partial charge in [0.05, 0.1) is 12.1 Å². The maximum Gasteiger partial charge on any atom is 0.347 e. The van der Waals surface area contributed by atoms with Crippen LogP contribution in [0.5, 0.6) is 0 Å². The van der Waals surface area contributed by atoms with Crippen LogP contribution in [0.25, 0.3) is 0 Å². The molecule has 98 valence electrons. The molecule has 0 amide bonds. The normalized spacial score (nSPS) is 63.2. The van der Waals surface area contributed by atoms with Crippen molar-refractivity contribution in [1.82, 2.24) is 13.9 Å². The van der Waals surface area contributed by atoms with Crippen molar-refractivity contribution in [3.63, 3.8) is 0 Å². The predicted molar refractivity (Wildman–Crippen MR) is 64.7 cm³/mol. The molecule has 5 nitrogen and oxygen atoms in total. The third-order valence-corrected chi connectivity index (χ3v) is 8.16. The Labute approximate surface area is 108 Å². The minimum atomic E-state index is -0.0634. The number of nitrogens with zero attached hydrogens (tertiary/aromatic N) is 3. The van der Waals surface area contributed by atoms with Crippen molar-refractivity contribution in [3.05, 3.63) is 21.0 Å². The highest BCUT2D eigenvalue weighted by molar-refractivity contribution is 5.49. The van der Waals surface area contributed by atoms with Gasteiger partial charge in [0.25, 0.3) is 0 Å². The molecule has 5 saturated carbocycles. The second-order valence-electron chi connectivity index (χ2n) is 7.85. The lowest BCUT2D eigenvalue weighted by molar-refractivity contribution is 0.0178. The Balaban J connectivity index is 1.71. The zero-order chi connectivity index (χ0) is 12.5. The van der Waals surface area contributed by atoms with Crippen LogP contribution in [0.3, 0.4) is 0 Å². The van der Waals surface area contributed by atoms with Crippen molar-refractivity contribution in [2.24, 2.45) is 41.5 Å². The number of rotatable bonds is 0. The second kappa shape index (κ2) is 1.90. The summed E-state index contributed by atoms with van der Waals surface area (Å²) in [4.78, 5) is 24.9. The molecule has 2 aliphatic heterocycles. The quantitative estimate of drug-likeness (QED) is 0.663. The molecule has 0 saturated heterocycles. The Hall–Kier alpha value is -1.26. The summed E-state index contributed by atoms with van der Waals surface area (Å²) in [6.45, 7) is 0. The first-order chi connectivity index (χ1) is 9.18. The van der Waals surface area contributed by atoms with Crippen LogP contribution < -0.4 is 11.4 Å². The minimum Gasteiger partial charge on any atom is -0.246 e. The highest BCUT2D eigenvalue weighted by Gasteiger charge is 3.03. The monoisotopic (exact) mass is 257 g/mol. The van der Waals surface area contributed by atoms with E-state index in [1.54, 1.807) is 7.05 Å². The van der Waals surface area contributed by atoms with E-state index in [4.69, 9.17) is 0 Å². The van der Waals surface area contributed by atoms with E-state index >= 15 is 0 Å². The third kappa shape index (κ3) is 0.472. The van der Waals surface area contributed by atoms with Gasteiger partial charge in [0.1, 0.15) is 0 Å². The Morgan fingerprint density at radius 2 is 1.47 bits per heavy atom. The SMILES string of the molecule is Cn1c(=O)n2n(c1=O)[C@@H]1[C@H]3C4C5[C@@]6(CCC[C@@]516)[C@@H]2[C@H]43. The van der Waals surface area contributed by atoms with Gasteiger partial charge in [0.2, 0.25) is 0 Å². The van der Waals surface area contributed by atoms with Crippen molar-refractivity contribution >= 4 is 0 Å². The van der Waals surface area contributed by atoms with E-state index in [9.17, 15) is 9.59 Å². The van der Waals surface area contributed by atoms with Crippen LogP contribution in [0.2, 0.25) is 0 Å². The van der Waals surface area contributed by atoms with Crippen molar-refractivity contribution in [3.8, 4) is 0 Å². The minimum absolute atomic E-state index is 0.0634. The molecule has 5 fully saturated rings. The van der Waals surface area contributed by atoms with Crippen molar-refractivity contribution < 1.29 is 0 Å². The van der Waals surface area contributed by atoms with Gasteiger partial charge in [0.15, 0.2) is 0 Å². The summed E-state index contributed by atoms with van der Waals surface area (Å²) in [5.74, 6) is 3.23. The first-order valence-electron chi connectivity index (χ1n) is 7.58. The molecule has 1 aromatic heterocycles. The largest absolute Gasteiger partial charge is 0.347 e. The van der Waals surface area contributed by atoms with E-state index in [2.05, 4.69) is 0 Å². The molecule has 0 aromatic carbocycles. The number of aromatic nitrogens is 3. The van der Waals surface area contributed by atoms with Gasteiger partial charge in [-0.3, -0.25) is 0 Å². The molecule has 2 unspecified atom stereocenters. The first kappa shape index (κ1) is 8.82. The van der Waals surface area contributed by atoms with E-state index < -0.39 is 0 Å². The fourth-order valence-electron chi connectivity index (χ4n) is 8.24. The van der Waals surface area contributed by atoms with Crippen molar-refractivity contribution in [2.75, 3.05) is 0 Å². The van der Waals surface area contributed by atoms with E-state index in [1.807, 2.05) is 9.36 Å². The smallest absolute Gasteiger partial charge is 0.246 e. The summed E-state index contributed by atoms with van der Waals surface area (Å²) in [6, 6.07) is 0.753. The standard InChI is InChI=1S/C14H15N3O2/c1-15-11(18)16-9-6-5-7(6)10(17(16)12(15)19)14-4-2-3-13(9,14)8(5)14/h5-10H,2-4H2,1H3/t5?,6-,7+,8?,9+,10-,13+,14-. The van der Waals surface area contributed by atoms with Crippen LogP contribution in [0.15, 0.2) is 9.59 Å². The molecular weight excluding hydrogens is 242 g/mol. The van der Waals surface area contributed by atoms with Gasteiger partial charge < -0.3 is 0 Å². The lowest BCUT2D eigenvalue weighted by Crippen LogP contribution is -2.51. The zero-order valence-electron chi connectivity index (χ0n) is 10.7. The highest BCUT2D eigenvalue weighted by atomic mass is 16.2. The fourth-order valence-corrected chi connectivity index (χ4v) is 8.24. The molecule has 1 aromatic rings. The fraction of sp³-hybridized carbons (Fsp3) is 0.857. The first-order valence-corrected chi connectivity index (χ1v) is 7.58. The molecule has 5 heteroatoms. The van der Waals surface area contributed by atoms with Crippen molar-refractivity contribution in [1.29, 1.82) is 0 Å². The van der Waals surface area contributed by atoms with Crippen LogP contribution >= 0.6 is 0 Å². The molecule has 19 heavy (non-hydrogen) atoms. The summed E-state index contributed by atoms with van der Waals surface area (Å²) < 4.78 is 5.11. The molecule has 2 bridgehead atoms. The van der Waals surface area contributed by atoms with Crippen molar-refractivity contribution in [2.45, 2.75) is 31.3 Å². The van der Waals surface area contributed by atoms with E-state index in [0.29, 0.717) is 22.9 Å². The molecule has 8 atom stereocenters. The van der Waals surface area contributed by atoms with Crippen LogP contribution in [0.1, 0.15) is 31.3 Å². The van der Waals surface area contributed by atoms with E-state index in [1.165, 1.54) is 23.8 Å². The average Bonchev–Trinajstić information content (AvgIpc) is 3.01. The van der Waals surface area contributed by atoms with Crippen LogP contribution in [-0.2, 0) is 7.05 Å². The van der Waals surface area contributed by atoms with Gasteiger partial charge in [-0.1, -0.05) is 6.42 Å². The molecule has 0 radical (unpaired) electrons. The van der Waals surface area contributed by atoms with Gasteiger partial charge in [-0.15, -0.1) is 0 Å². The lowest BCUT2D eigenvalue weighted by Gasteiger charge is -2.45. The third-order valence-electron chi connectivity index (χ3n) is 8.16. The predicted octanol–water partition coefficient (Wildman–Crippen LogP) is 0.120. The van der Waals surface area contributed by atoms with Gasteiger partial charge >= 0.3 is 11.4 Å². The van der Waals surface area contributed by atoms with Crippen LogP contribution in [0, 0.1) is 34.5 Å². The zero-order valence-corrected chi connectivity index (χ0v) is 10.7. The number of hydrogen-bond donors (Lipinski definition) is 0. The molecule has 5 aliphatic carbocycles. The second-order valence-corrected chi connectivity index (χ2v) is 7.85. The van der Waals surface area contributed by atoms with Crippen LogP contribution in [0.4, 0.5) is 0 Å². The summed E-state index contributed by atoms with van der Waals surface area (Å²) in [5, 5.41) is 0. The summed E-state index contributed by atoms with van der Waals surface area (Å²) in [7, 11) is 1.64. The van der Waals surface area contributed by atoms with E-state index in [0.717, 1.165) is 23.7 Å². The van der Waals surface area contributed by atoms with Gasteiger partial charge in [-0.2, -0.15) is 0 Å². The molecular formula is C14H15N3O2. The summed E-state index contributed by atoms with van der Waals surface area (Å²) in [6.07, 6.45) is 3.94.